The molecule has 0 saturated heterocycles. The Kier molecular flexibility index (Phi) is 3.04. The summed E-state index contributed by atoms with van der Waals surface area (Å²) in [4.78, 5) is 11.3. The van der Waals surface area contributed by atoms with Crippen LogP contribution in [0.1, 0.15) is 27.3 Å². The lowest BCUT2D eigenvalue weighted by Gasteiger charge is -2.08. The average Bonchev–Trinajstić information content (AvgIpc) is 2.62. The molecule has 0 fully saturated rings. The summed E-state index contributed by atoms with van der Waals surface area (Å²) in [5, 5.41) is 21.6. The van der Waals surface area contributed by atoms with Crippen LogP contribution < -0.4 is 0 Å². The van der Waals surface area contributed by atoms with Crippen molar-refractivity contribution in [1.82, 2.24) is 20.0 Å². The van der Waals surface area contributed by atoms with E-state index in [2.05, 4.69) is 15.3 Å². The molecule has 0 aliphatic heterocycles. The second kappa shape index (κ2) is 4.38. The predicted octanol–water partition coefficient (Wildman–Crippen LogP) is 1.94. The van der Waals surface area contributed by atoms with Gasteiger partial charge in [0.05, 0.1) is 22.6 Å². The minimum Gasteiger partial charge on any atom is -0.478 e. The van der Waals surface area contributed by atoms with Crippen LogP contribution in [0.2, 0.25) is 5.02 Å². The number of nitrogens with zero attached hydrogens (tertiary/aromatic N) is 4. The van der Waals surface area contributed by atoms with Gasteiger partial charge >= 0.3 is 5.97 Å². The topological polar surface area (TPSA) is 80.9 Å². The van der Waals surface area contributed by atoms with Gasteiger partial charge in [0.2, 0.25) is 0 Å². The number of hydrogen-bond acceptors (Lipinski definition) is 4. The van der Waals surface area contributed by atoms with E-state index in [1.54, 1.807) is 20.8 Å². The van der Waals surface area contributed by atoms with Crippen molar-refractivity contribution in [1.29, 1.82) is 0 Å². The van der Waals surface area contributed by atoms with Crippen molar-refractivity contribution >= 4 is 17.6 Å². The molecule has 0 aliphatic carbocycles. The molecule has 0 atom stereocenters. The molecule has 0 unspecified atom stereocenters. The zero-order valence-electron chi connectivity index (χ0n) is 10.1. The van der Waals surface area contributed by atoms with E-state index in [-0.39, 0.29) is 11.4 Å². The number of hydrogen-bond donors (Lipinski definition) is 1. The number of carboxylic acids is 1. The van der Waals surface area contributed by atoms with Gasteiger partial charge in [0.1, 0.15) is 5.56 Å². The summed E-state index contributed by atoms with van der Waals surface area (Å²) in [6.07, 6.45) is 1.52. The number of carboxylic acid groups (broad SMARTS) is 1. The van der Waals surface area contributed by atoms with E-state index in [4.69, 9.17) is 11.6 Å². The van der Waals surface area contributed by atoms with E-state index in [0.717, 1.165) is 0 Å². The SMILES string of the molecule is Cc1nn(-c2nnc(C)c(C)c2C(=O)O)cc1Cl. The third kappa shape index (κ3) is 1.95. The molecule has 0 aromatic carbocycles. The highest BCUT2D eigenvalue weighted by atomic mass is 35.5. The fraction of sp³-hybridized carbons (Fsp3) is 0.273. The van der Waals surface area contributed by atoms with Crippen molar-refractivity contribution in [2.75, 3.05) is 0 Å². The Morgan fingerprint density at radius 3 is 2.44 bits per heavy atom. The summed E-state index contributed by atoms with van der Waals surface area (Å²) in [5.41, 5.74) is 1.83. The van der Waals surface area contributed by atoms with Crippen LogP contribution in [0.4, 0.5) is 0 Å². The zero-order valence-corrected chi connectivity index (χ0v) is 10.9. The van der Waals surface area contributed by atoms with E-state index in [1.165, 1.54) is 10.9 Å². The van der Waals surface area contributed by atoms with Gasteiger partial charge in [0.15, 0.2) is 5.82 Å². The van der Waals surface area contributed by atoms with E-state index >= 15 is 0 Å². The third-order valence-electron chi connectivity index (χ3n) is 2.71. The number of aryl methyl sites for hydroxylation is 2. The lowest BCUT2D eigenvalue weighted by Crippen LogP contribution is -2.13. The van der Waals surface area contributed by atoms with E-state index < -0.39 is 5.97 Å². The summed E-state index contributed by atoms with van der Waals surface area (Å²) < 4.78 is 1.33. The van der Waals surface area contributed by atoms with Gasteiger partial charge in [-0.25, -0.2) is 9.48 Å². The maximum atomic E-state index is 11.3. The Morgan fingerprint density at radius 1 is 1.28 bits per heavy atom. The molecule has 0 aliphatic rings. The molecule has 0 saturated carbocycles. The van der Waals surface area contributed by atoms with Crippen LogP contribution in [0.3, 0.4) is 0 Å². The molecular weight excluding hydrogens is 256 g/mol. The number of aromatic carboxylic acids is 1. The van der Waals surface area contributed by atoms with Gasteiger partial charge in [-0.05, 0) is 26.3 Å². The smallest absolute Gasteiger partial charge is 0.339 e. The molecule has 2 heterocycles. The molecule has 2 rings (SSSR count). The number of rotatable bonds is 2. The normalized spacial score (nSPS) is 10.7. The average molecular weight is 267 g/mol. The van der Waals surface area contributed by atoms with Crippen molar-refractivity contribution in [2.45, 2.75) is 20.8 Å². The molecule has 0 spiro atoms. The summed E-state index contributed by atoms with van der Waals surface area (Å²) in [7, 11) is 0. The predicted molar refractivity (Wildman–Crippen MR) is 65.3 cm³/mol. The maximum absolute atomic E-state index is 11.3. The Labute approximate surface area is 108 Å². The van der Waals surface area contributed by atoms with Crippen molar-refractivity contribution in [3.63, 3.8) is 0 Å². The molecule has 18 heavy (non-hydrogen) atoms. The van der Waals surface area contributed by atoms with E-state index in [1.807, 2.05) is 0 Å². The van der Waals surface area contributed by atoms with Crippen LogP contribution in [0.25, 0.3) is 5.82 Å². The number of aromatic nitrogens is 4. The molecule has 0 amide bonds. The summed E-state index contributed by atoms with van der Waals surface area (Å²) in [5.74, 6) is -0.898. The van der Waals surface area contributed by atoms with Crippen LogP contribution in [-0.2, 0) is 0 Å². The number of carbonyl (C=O) groups is 1. The third-order valence-corrected chi connectivity index (χ3v) is 3.08. The van der Waals surface area contributed by atoms with Crippen LogP contribution in [0.5, 0.6) is 0 Å². The monoisotopic (exact) mass is 266 g/mol. The maximum Gasteiger partial charge on any atom is 0.339 e. The number of halogens is 1. The van der Waals surface area contributed by atoms with Gasteiger partial charge in [-0.2, -0.15) is 10.2 Å². The van der Waals surface area contributed by atoms with Crippen molar-refractivity contribution in [2.24, 2.45) is 0 Å². The lowest BCUT2D eigenvalue weighted by atomic mass is 10.1. The van der Waals surface area contributed by atoms with Crippen molar-refractivity contribution in [3.05, 3.63) is 33.7 Å². The first-order valence-corrected chi connectivity index (χ1v) is 5.59. The minimum absolute atomic E-state index is 0.0849. The Bertz CT molecular complexity index is 617. The molecule has 7 heteroatoms. The Hall–Kier alpha value is -1.95. The van der Waals surface area contributed by atoms with E-state index in [0.29, 0.717) is 22.0 Å². The molecule has 2 aromatic rings. The molecule has 0 radical (unpaired) electrons. The molecule has 1 N–H and O–H groups in total. The molecule has 2 aromatic heterocycles. The van der Waals surface area contributed by atoms with Crippen molar-refractivity contribution in [3.8, 4) is 5.82 Å². The standard InChI is InChI=1S/C11H11ClN4O2/c1-5-6(2)13-14-10(9(5)11(17)18)16-4-8(12)7(3)15-16/h4H,1-3H3,(H,17,18). The molecule has 6 nitrogen and oxygen atoms in total. The molecule has 94 valence electrons. The summed E-state index contributed by atoms with van der Waals surface area (Å²) in [6, 6.07) is 0. The van der Waals surface area contributed by atoms with Gasteiger partial charge in [-0.1, -0.05) is 11.6 Å². The highest BCUT2D eigenvalue weighted by molar-refractivity contribution is 6.31. The Morgan fingerprint density at radius 2 is 1.94 bits per heavy atom. The first-order valence-electron chi connectivity index (χ1n) is 5.21. The zero-order chi connectivity index (χ0) is 13.4. The van der Waals surface area contributed by atoms with Crippen LogP contribution in [0, 0.1) is 20.8 Å². The fourth-order valence-corrected chi connectivity index (χ4v) is 1.69. The quantitative estimate of drug-likeness (QED) is 0.898. The van der Waals surface area contributed by atoms with Gasteiger partial charge in [-0.3, -0.25) is 0 Å². The van der Waals surface area contributed by atoms with Gasteiger partial charge in [0.25, 0.3) is 0 Å². The van der Waals surface area contributed by atoms with Gasteiger partial charge < -0.3 is 5.11 Å². The second-order valence-corrected chi connectivity index (χ2v) is 4.33. The highest BCUT2D eigenvalue weighted by Crippen LogP contribution is 2.20. The summed E-state index contributed by atoms with van der Waals surface area (Å²) >= 11 is 5.90. The van der Waals surface area contributed by atoms with Gasteiger partial charge in [-0.15, -0.1) is 5.10 Å². The molecule has 0 bridgehead atoms. The fourth-order valence-electron chi connectivity index (χ4n) is 1.56. The van der Waals surface area contributed by atoms with Gasteiger partial charge in [0, 0.05) is 0 Å². The lowest BCUT2D eigenvalue weighted by molar-refractivity contribution is 0.0695. The van der Waals surface area contributed by atoms with Crippen LogP contribution >= 0.6 is 11.6 Å². The van der Waals surface area contributed by atoms with E-state index in [9.17, 15) is 9.90 Å². The first-order chi connectivity index (χ1) is 8.41. The second-order valence-electron chi connectivity index (χ2n) is 3.92. The van der Waals surface area contributed by atoms with Crippen LogP contribution in [-0.4, -0.2) is 31.1 Å². The van der Waals surface area contributed by atoms with Crippen LogP contribution in [0.15, 0.2) is 6.20 Å². The van der Waals surface area contributed by atoms with Crippen molar-refractivity contribution < 1.29 is 9.90 Å². The highest BCUT2D eigenvalue weighted by Gasteiger charge is 2.20. The summed E-state index contributed by atoms with van der Waals surface area (Å²) in [6.45, 7) is 5.13. The largest absolute Gasteiger partial charge is 0.478 e. The molecular formula is C11H11ClN4O2. The minimum atomic E-state index is -1.07. The first kappa shape index (κ1) is 12.5. The Balaban J connectivity index is 2.71.